The molecule has 0 aliphatic carbocycles. The van der Waals surface area contributed by atoms with Gasteiger partial charge in [0.05, 0.1) is 39.0 Å². The Morgan fingerprint density at radius 1 is 0.891 bits per heavy atom. The van der Waals surface area contributed by atoms with E-state index in [0.29, 0.717) is 12.0 Å². The van der Waals surface area contributed by atoms with Crippen molar-refractivity contribution in [2.75, 3.05) is 5.94 Å². The number of hydrogen-bond acceptors (Lipinski definition) is 16. The quantitative estimate of drug-likeness (QED) is 0.0269. The summed E-state index contributed by atoms with van der Waals surface area (Å²) in [4.78, 5) is 12.7. The maximum atomic E-state index is 13.1. The molecule has 0 aliphatic rings. The van der Waals surface area contributed by atoms with Gasteiger partial charge in [-0.3, -0.25) is 19.1 Å². The van der Waals surface area contributed by atoms with Crippen LogP contribution in [0.3, 0.4) is 0 Å². The van der Waals surface area contributed by atoms with Gasteiger partial charge < -0.3 is 14.4 Å². The van der Waals surface area contributed by atoms with Crippen LogP contribution >= 0.6 is 12.0 Å². The van der Waals surface area contributed by atoms with Crippen LogP contribution in [0.1, 0.15) is 11.3 Å². The zero-order valence-electron chi connectivity index (χ0n) is 24.4. The van der Waals surface area contributed by atoms with Crippen molar-refractivity contribution in [2.24, 2.45) is 10.2 Å². The molecule has 4 aromatic rings. The molecule has 46 heavy (non-hydrogen) atoms. The molecule has 0 saturated heterocycles. The van der Waals surface area contributed by atoms with Crippen molar-refractivity contribution in [3.63, 3.8) is 0 Å². The molecule has 0 radical (unpaired) electrons. The molecular weight excluding hydrogens is 725 g/mol. The van der Waals surface area contributed by atoms with E-state index in [2.05, 4.69) is 28.9 Å². The molecule has 24 heteroatoms. The summed E-state index contributed by atoms with van der Waals surface area (Å²) >= 11 is 0.378. The Balaban J connectivity index is 0.00000353. The SMILES string of the molecule is Cc1[nH]n(-c2ccc(CS(=O)(=O)COS(=O)(=O)[O-])cc2)c(=O)c1N=Nc1ccc2c(S(=O)(=O)[O-])cccc2c1SOO[O-].[Na+].[Na+].[Na+]. The van der Waals surface area contributed by atoms with Crippen molar-refractivity contribution >= 4 is 64.5 Å². The Morgan fingerprint density at radius 2 is 1.54 bits per heavy atom. The van der Waals surface area contributed by atoms with Gasteiger partial charge in [-0.25, -0.2) is 29.9 Å². The topological polar surface area (TPSA) is 262 Å². The predicted octanol–water partition coefficient (Wildman–Crippen LogP) is -7.46. The standard InChI is InChI=1S/C22H20N4O13S4.3Na/c1-13-20(22(27)26(25-13)15-7-5-14(6-8-15)11-41(29,30)12-37-43(34,35)36)24-23-18-10-9-16-17(21(18)40-39-38-28)3-2-4-19(16)42(31,32)33;;;/h2-10,25,28H,11-12H2,1H3,(H,31,32,33)(H,34,35,36);;;/q;3*+1/p-3. The molecule has 0 bridgehead atoms. The van der Waals surface area contributed by atoms with E-state index in [4.69, 9.17) is 0 Å². The maximum absolute atomic E-state index is 13.1. The van der Waals surface area contributed by atoms with Crippen LogP contribution < -0.4 is 99.5 Å². The minimum Gasteiger partial charge on any atom is -0.744 e. The Kier molecular flexibility index (Phi) is 17.0. The number of aromatic amines is 1. The first-order valence-corrected chi connectivity index (χ1v) is 16.7. The monoisotopic (exact) mass is 742 g/mol. The summed E-state index contributed by atoms with van der Waals surface area (Å²) in [5.74, 6) is -1.97. The van der Waals surface area contributed by atoms with Crippen LogP contribution in [-0.2, 0) is 49.7 Å². The summed E-state index contributed by atoms with van der Waals surface area (Å²) < 4.78 is 100.0. The summed E-state index contributed by atoms with van der Waals surface area (Å²) in [5.41, 5.74) is -0.0278. The van der Waals surface area contributed by atoms with Crippen LogP contribution in [0.15, 0.2) is 79.4 Å². The summed E-state index contributed by atoms with van der Waals surface area (Å²) in [6.45, 7) is 1.52. The maximum Gasteiger partial charge on any atom is 1.00 e. The molecule has 0 saturated carbocycles. The smallest absolute Gasteiger partial charge is 0.744 e. The average molecular weight is 743 g/mol. The van der Waals surface area contributed by atoms with E-state index in [1.807, 2.05) is 0 Å². The van der Waals surface area contributed by atoms with Gasteiger partial charge in [-0.05, 0) is 36.8 Å². The molecule has 0 fully saturated rings. The summed E-state index contributed by atoms with van der Waals surface area (Å²) in [6.07, 6.45) is 0. The number of aromatic nitrogens is 2. The molecule has 17 nitrogen and oxygen atoms in total. The largest absolute Gasteiger partial charge is 1.00 e. The van der Waals surface area contributed by atoms with Crippen molar-refractivity contribution in [3.8, 4) is 5.69 Å². The number of nitrogens with zero attached hydrogens (tertiary/aromatic N) is 3. The van der Waals surface area contributed by atoms with Crippen molar-refractivity contribution in [3.05, 3.63) is 76.2 Å². The first-order valence-electron chi connectivity index (χ1n) is 11.4. The molecule has 4 rings (SSSR count). The first-order chi connectivity index (χ1) is 20.1. The molecule has 1 heterocycles. The van der Waals surface area contributed by atoms with E-state index in [1.54, 1.807) is 0 Å². The van der Waals surface area contributed by atoms with Crippen LogP contribution in [0.5, 0.6) is 0 Å². The molecular formula is C22H17N4Na3O13S4. The third-order valence-corrected chi connectivity index (χ3v) is 9.04. The van der Waals surface area contributed by atoms with E-state index in [1.165, 1.54) is 55.5 Å². The van der Waals surface area contributed by atoms with Crippen LogP contribution in [0.4, 0.5) is 11.4 Å². The number of azo groups is 1. The zero-order valence-corrected chi connectivity index (χ0v) is 33.7. The number of nitrogens with one attached hydrogen (secondary N) is 1. The molecule has 230 valence electrons. The van der Waals surface area contributed by atoms with Crippen molar-refractivity contribution in [1.82, 2.24) is 9.78 Å². The fraction of sp³-hybridized carbons (Fsp3) is 0.136. The van der Waals surface area contributed by atoms with E-state index in [0.717, 1.165) is 10.7 Å². The van der Waals surface area contributed by atoms with Gasteiger partial charge in [-0.15, -0.1) is 10.2 Å². The molecule has 1 N–H and O–H groups in total. The number of benzene rings is 3. The number of H-pyrrole nitrogens is 1. The van der Waals surface area contributed by atoms with E-state index in [9.17, 15) is 44.4 Å². The number of fused-ring (bicyclic) bond motifs is 1. The fourth-order valence-electron chi connectivity index (χ4n) is 3.83. The number of rotatable bonds is 12. The minimum absolute atomic E-state index is 0. The van der Waals surface area contributed by atoms with Gasteiger partial charge in [-0.2, -0.15) is 4.33 Å². The Labute approximate surface area is 332 Å². The van der Waals surface area contributed by atoms with Crippen LogP contribution in [0, 0.1) is 6.92 Å². The third kappa shape index (κ3) is 11.3. The number of hydrogen-bond donors (Lipinski definition) is 1. The Hall–Kier alpha value is -0.510. The van der Waals surface area contributed by atoms with Crippen LogP contribution in [0.2, 0.25) is 0 Å². The molecule has 0 spiro atoms. The third-order valence-electron chi connectivity index (χ3n) is 5.62. The van der Waals surface area contributed by atoms with Gasteiger partial charge in [-0.1, -0.05) is 30.3 Å². The summed E-state index contributed by atoms with van der Waals surface area (Å²) in [6, 6.07) is 12.0. The van der Waals surface area contributed by atoms with Gasteiger partial charge in [0.2, 0.25) is 10.4 Å². The molecule has 0 atom stereocenters. The van der Waals surface area contributed by atoms with Gasteiger partial charge in [0.15, 0.2) is 21.5 Å². The normalized spacial score (nSPS) is 12.0. The predicted molar refractivity (Wildman–Crippen MR) is 144 cm³/mol. The summed E-state index contributed by atoms with van der Waals surface area (Å²) in [5, 5.41) is 24.9. The van der Waals surface area contributed by atoms with Crippen molar-refractivity contribution < 1.29 is 142 Å². The van der Waals surface area contributed by atoms with Gasteiger partial charge in [0, 0.05) is 10.8 Å². The molecule has 0 unspecified atom stereocenters. The van der Waals surface area contributed by atoms with Crippen molar-refractivity contribution in [2.45, 2.75) is 22.5 Å². The Bertz CT molecular complexity index is 2100. The van der Waals surface area contributed by atoms with E-state index < -0.39 is 52.5 Å². The molecule has 1 aromatic heterocycles. The molecule has 0 amide bonds. The molecule has 0 aliphatic heterocycles. The van der Waals surface area contributed by atoms with Gasteiger partial charge in [0.1, 0.15) is 15.8 Å². The number of aryl methyl sites for hydroxylation is 1. The average Bonchev–Trinajstić information content (AvgIpc) is 3.21. The van der Waals surface area contributed by atoms with Gasteiger partial charge in [0.25, 0.3) is 5.56 Å². The zero-order chi connectivity index (χ0) is 31.6. The van der Waals surface area contributed by atoms with E-state index in [-0.39, 0.29) is 133 Å². The van der Waals surface area contributed by atoms with Crippen LogP contribution in [-0.4, -0.2) is 50.1 Å². The second-order valence-corrected chi connectivity index (χ2v) is 13.7. The summed E-state index contributed by atoms with van der Waals surface area (Å²) in [7, 11) is -14.2. The Morgan fingerprint density at radius 3 is 2.13 bits per heavy atom. The van der Waals surface area contributed by atoms with Gasteiger partial charge >= 0.3 is 88.7 Å². The second-order valence-electron chi connectivity index (χ2n) is 8.56. The second kappa shape index (κ2) is 17.9. The van der Waals surface area contributed by atoms with Crippen LogP contribution in [0.25, 0.3) is 16.5 Å². The molecule has 3 aromatic carbocycles. The first kappa shape index (κ1) is 43.5. The number of sulfone groups is 1. The minimum atomic E-state index is -5.19. The van der Waals surface area contributed by atoms with E-state index >= 15 is 0 Å². The van der Waals surface area contributed by atoms with Crippen molar-refractivity contribution in [1.29, 1.82) is 0 Å². The fourth-order valence-corrected chi connectivity index (χ4v) is 6.92.